The number of fused-ring (bicyclic) bond motifs is 1. The van der Waals surface area contributed by atoms with Crippen LogP contribution in [-0.2, 0) is 32.1 Å². The fourth-order valence-electron chi connectivity index (χ4n) is 11.4. The molecule has 67 heavy (non-hydrogen) atoms. The Labute approximate surface area is 390 Å². The number of nitrogens with zero attached hydrogens (tertiary/aromatic N) is 3. The molecule has 12 N–H and O–H groups in total. The first kappa shape index (κ1) is 52.6. The second-order valence-corrected chi connectivity index (χ2v) is 20.7. The first-order valence-corrected chi connectivity index (χ1v) is 23.3. The summed E-state index contributed by atoms with van der Waals surface area (Å²) in [5.74, 6) is 0.620. The van der Waals surface area contributed by atoms with Crippen molar-refractivity contribution in [3.05, 3.63) is 35.4 Å². The van der Waals surface area contributed by atoms with Gasteiger partial charge in [-0.25, -0.2) is 9.59 Å². The zero-order valence-electron chi connectivity index (χ0n) is 38.5. The van der Waals surface area contributed by atoms with E-state index in [9.17, 15) is 60.5 Å². The summed E-state index contributed by atoms with van der Waals surface area (Å²) in [6, 6.07) is 7.65. The summed E-state index contributed by atoms with van der Waals surface area (Å²) >= 11 is 0. The van der Waals surface area contributed by atoms with Crippen LogP contribution in [0.1, 0.15) is 83.3 Å². The Morgan fingerprint density at radius 2 is 1.34 bits per heavy atom. The summed E-state index contributed by atoms with van der Waals surface area (Å²) < 4.78 is 17.7. The Balaban J connectivity index is 1.02. The molecular formula is C46H71N5O16. The van der Waals surface area contributed by atoms with Crippen molar-refractivity contribution in [2.45, 2.75) is 163 Å². The van der Waals surface area contributed by atoms with Gasteiger partial charge in [-0.2, -0.15) is 5.26 Å². The minimum absolute atomic E-state index is 0.00966. The molecule has 376 valence electrons. The van der Waals surface area contributed by atoms with Gasteiger partial charge >= 0.3 is 12.2 Å². The molecule has 1 saturated heterocycles. The molecule has 1 heterocycles. The normalized spacial score (nSPS) is 30.2. The molecule has 1 aromatic rings. The monoisotopic (exact) mass is 949 g/mol. The number of benzene rings is 1. The molecule has 14 atom stereocenters. The minimum atomic E-state index is -1.92. The van der Waals surface area contributed by atoms with Crippen molar-refractivity contribution < 1.29 is 79.7 Å². The van der Waals surface area contributed by atoms with Crippen LogP contribution in [0.4, 0.5) is 9.59 Å². The van der Waals surface area contributed by atoms with Crippen molar-refractivity contribution in [1.29, 1.82) is 5.26 Å². The number of hydrogen-bond acceptors (Lipinski definition) is 18. The van der Waals surface area contributed by atoms with Gasteiger partial charge in [0.15, 0.2) is 0 Å². The number of aliphatic hydroxyl groups is 10. The van der Waals surface area contributed by atoms with Crippen LogP contribution in [0.3, 0.4) is 0 Å². The Hall–Kier alpha value is -3.76. The standard InChI is InChI=1S/C46H71N5O16/c1-44(2,3)67-43(64)49-40(41(62)51-30(17-47)11-29-12-31(29)51)45-13-27-10-28(14-45)16-46(15-27,24-45)66-9-8-65-42(63)48-18-25-4-6-26(7-5-25)19-50(20-32(54)36(58)38(60)34(56)22-52)21-33(55)37(59)39(61)35(57)23-53/h4-7,27-40,52-61H,8-16,18-24H2,1-3H3,(H,48,63)(H,49,64)/t27?,28?,29-,30+,31+,32+,33+,34-,35-,36-,37-,38-,39-,40-,45?,46?/m1/s1. The number of carbonyl (C=O) groups is 3. The number of hydrogen-bond donors (Lipinski definition) is 12. The van der Waals surface area contributed by atoms with E-state index >= 15 is 0 Å². The number of alkyl carbamates (subject to hydrolysis) is 2. The van der Waals surface area contributed by atoms with Gasteiger partial charge in [0.1, 0.15) is 60.9 Å². The van der Waals surface area contributed by atoms with Gasteiger partial charge in [0.25, 0.3) is 0 Å². The molecule has 5 aliphatic carbocycles. The molecule has 6 aliphatic rings. The van der Waals surface area contributed by atoms with E-state index in [-0.39, 0.29) is 50.1 Å². The highest BCUT2D eigenvalue weighted by Crippen LogP contribution is 2.64. The first-order chi connectivity index (χ1) is 31.6. The highest BCUT2D eigenvalue weighted by molar-refractivity contribution is 5.88. The maximum absolute atomic E-state index is 14.6. The van der Waals surface area contributed by atoms with E-state index in [4.69, 9.17) is 24.4 Å². The van der Waals surface area contributed by atoms with Gasteiger partial charge in [-0.1, -0.05) is 24.3 Å². The number of nitrogens with one attached hydrogen (secondary N) is 2. The van der Waals surface area contributed by atoms with Crippen LogP contribution in [0.15, 0.2) is 24.3 Å². The van der Waals surface area contributed by atoms with Crippen LogP contribution in [0.2, 0.25) is 0 Å². The summed E-state index contributed by atoms with van der Waals surface area (Å²) in [7, 11) is 0. The Bertz CT molecular complexity index is 1840. The zero-order chi connectivity index (χ0) is 49.0. The van der Waals surface area contributed by atoms with Gasteiger partial charge in [-0.05, 0) is 101 Å². The second-order valence-electron chi connectivity index (χ2n) is 20.7. The third kappa shape index (κ3) is 12.9. The van der Waals surface area contributed by atoms with E-state index < -0.39 is 116 Å². The molecule has 5 saturated carbocycles. The average Bonchev–Trinajstić information content (AvgIpc) is 3.94. The molecule has 0 aromatic heterocycles. The zero-order valence-corrected chi connectivity index (χ0v) is 38.5. The number of ether oxygens (including phenoxy) is 3. The van der Waals surface area contributed by atoms with Gasteiger partial charge in [0, 0.05) is 37.6 Å². The Morgan fingerprint density at radius 1 is 0.791 bits per heavy atom. The van der Waals surface area contributed by atoms with E-state index in [1.165, 1.54) is 4.90 Å². The lowest BCUT2D eigenvalue weighted by atomic mass is 9.46. The van der Waals surface area contributed by atoms with Crippen LogP contribution in [0.5, 0.6) is 0 Å². The smallest absolute Gasteiger partial charge is 0.408 e. The number of likely N-dealkylation sites (tertiary alicyclic amines) is 1. The van der Waals surface area contributed by atoms with Crippen molar-refractivity contribution in [3.8, 4) is 6.07 Å². The molecule has 7 rings (SSSR count). The van der Waals surface area contributed by atoms with Gasteiger partial charge in [0.05, 0.1) is 43.7 Å². The number of aliphatic hydroxyl groups excluding tert-OH is 10. The summed E-state index contributed by atoms with van der Waals surface area (Å²) in [4.78, 5) is 43.8. The third-order valence-corrected chi connectivity index (χ3v) is 14.2. The third-order valence-electron chi connectivity index (χ3n) is 14.2. The molecule has 6 fully saturated rings. The molecule has 0 radical (unpaired) electrons. The summed E-state index contributed by atoms with van der Waals surface area (Å²) in [5.41, 5.74) is -0.698. The first-order valence-electron chi connectivity index (χ1n) is 23.3. The topological polar surface area (TPSA) is 336 Å². The van der Waals surface area contributed by atoms with Gasteiger partial charge in [0.2, 0.25) is 5.91 Å². The Morgan fingerprint density at radius 3 is 1.88 bits per heavy atom. The fraction of sp³-hybridized carbons (Fsp3) is 0.783. The van der Waals surface area contributed by atoms with Gasteiger partial charge in [-0.3, -0.25) is 9.69 Å². The largest absolute Gasteiger partial charge is 0.447 e. The molecular weight excluding hydrogens is 879 g/mol. The number of rotatable bonds is 23. The van der Waals surface area contributed by atoms with Crippen LogP contribution in [0, 0.1) is 34.5 Å². The highest BCUT2D eigenvalue weighted by atomic mass is 16.6. The van der Waals surface area contributed by atoms with Crippen molar-refractivity contribution in [1.82, 2.24) is 20.4 Å². The SMILES string of the molecule is CC(C)(C)OC(=O)N[C@H](C(=O)N1[C@H](C#N)C[C@@H]2C[C@@H]21)C12CC3CC(CC(OCCOC(=O)NCc4ccc(CN(C[C@H](O)[C@@H](O)[C@H](O)[C@H](O)CO)C[C@H](O)[C@@H](O)[C@H](O)[C@H](O)CO)cc4)(C3)C1)C2. The molecule has 3 amide bonds. The quantitative estimate of drug-likeness (QED) is 0.0547. The van der Waals surface area contributed by atoms with Crippen LogP contribution in [-0.4, -0.2) is 197 Å². The minimum Gasteiger partial charge on any atom is -0.447 e. The summed E-state index contributed by atoms with van der Waals surface area (Å²) in [6.45, 7) is 2.76. The molecule has 21 nitrogen and oxygen atoms in total. The average molecular weight is 950 g/mol. The number of amides is 3. The van der Waals surface area contributed by atoms with E-state index in [2.05, 4.69) is 16.7 Å². The summed E-state index contributed by atoms with van der Waals surface area (Å²) in [5, 5.41) is 116. The maximum atomic E-state index is 14.6. The number of carbonyl (C=O) groups excluding carboxylic acids is 3. The molecule has 1 aromatic carbocycles. The maximum Gasteiger partial charge on any atom is 0.408 e. The fourth-order valence-corrected chi connectivity index (χ4v) is 11.4. The van der Waals surface area contributed by atoms with Crippen molar-refractivity contribution in [2.24, 2.45) is 23.2 Å². The van der Waals surface area contributed by atoms with Crippen LogP contribution < -0.4 is 10.6 Å². The second kappa shape index (κ2) is 21.9. The van der Waals surface area contributed by atoms with Crippen molar-refractivity contribution in [2.75, 3.05) is 39.5 Å². The van der Waals surface area contributed by atoms with Crippen molar-refractivity contribution >= 4 is 18.1 Å². The molecule has 1 aliphatic heterocycles. The van der Waals surface area contributed by atoms with Crippen LogP contribution >= 0.6 is 0 Å². The lowest BCUT2D eigenvalue weighted by Gasteiger charge is -2.63. The molecule has 2 unspecified atom stereocenters. The van der Waals surface area contributed by atoms with E-state index in [1.54, 1.807) is 49.9 Å². The Kier molecular flexibility index (Phi) is 17.2. The number of piperidine rings is 1. The van der Waals surface area contributed by atoms with Crippen LogP contribution in [0.25, 0.3) is 0 Å². The predicted molar refractivity (Wildman–Crippen MR) is 234 cm³/mol. The molecule has 4 bridgehead atoms. The van der Waals surface area contributed by atoms with Gasteiger partial charge in [-0.15, -0.1) is 0 Å². The molecule has 21 heteroatoms. The summed E-state index contributed by atoms with van der Waals surface area (Å²) in [6.07, 6.45) is -9.93. The van der Waals surface area contributed by atoms with E-state index in [0.717, 1.165) is 38.5 Å². The lowest BCUT2D eigenvalue weighted by Crippen LogP contribution is -2.67. The van der Waals surface area contributed by atoms with E-state index in [0.29, 0.717) is 29.9 Å². The number of nitriles is 1. The molecule has 0 spiro atoms. The van der Waals surface area contributed by atoms with E-state index in [1.807, 2.05) is 0 Å². The van der Waals surface area contributed by atoms with Gasteiger partial charge < -0.3 is 80.8 Å². The highest BCUT2D eigenvalue weighted by Gasteiger charge is 2.65. The predicted octanol–water partition coefficient (Wildman–Crippen LogP) is -1.65. The lowest BCUT2D eigenvalue weighted by molar-refractivity contribution is -0.205. The van der Waals surface area contributed by atoms with Crippen molar-refractivity contribution in [3.63, 3.8) is 0 Å².